The van der Waals surface area contributed by atoms with E-state index in [1.165, 1.54) is 5.39 Å². The minimum absolute atomic E-state index is 0.0813. The summed E-state index contributed by atoms with van der Waals surface area (Å²) in [5.74, 6) is 0.369. The number of nitrogens with zero attached hydrogens (tertiary/aromatic N) is 4. The standard InChI is InChI=1S/C22H26N4O/c1-3-7-19-13-21(25(2)24-19)22(27)26-11-6-10-18(15-26)20-12-16-8-4-5-9-17(16)14-23-20/h4-5,8-9,12-14,18H,3,6-7,10-11,15H2,1-2H3. The van der Waals surface area contributed by atoms with E-state index in [-0.39, 0.29) is 11.8 Å². The minimum Gasteiger partial charge on any atom is -0.337 e. The van der Waals surface area contributed by atoms with E-state index >= 15 is 0 Å². The van der Waals surface area contributed by atoms with Gasteiger partial charge in [-0.05, 0) is 36.8 Å². The smallest absolute Gasteiger partial charge is 0.272 e. The summed E-state index contributed by atoms with van der Waals surface area (Å²) in [5, 5.41) is 6.85. The van der Waals surface area contributed by atoms with Gasteiger partial charge in [-0.1, -0.05) is 37.6 Å². The average Bonchev–Trinajstić information content (AvgIpc) is 3.07. The lowest BCUT2D eigenvalue weighted by atomic mass is 9.93. The first-order valence-electron chi connectivity index (χ1n) is 9.82. The van der Waals surface area contributed by atoms with Crippen LogP contribution in [0.1, 0.15) is 54.0 Å². The number of hydrogen-bond donors (Lipinski definition) is 0. The summed E-state index contributed by atoms with van der Waals surface area (Å²) in [4.78, 5) is 19.7. The highest BCUT2D eigenvalue weighted by Crippen LogP contribution is 2.28. The summed E-state index contributed by atoms with van der Waals surface area (Å²) >= 11 is 0. The molecule has 0 saturated carbocycles. The van der Waals surface area contributed by atoms with Crippen LogP contribution < -0.4 is 0 Å². The molecule has 1 aliphatic rings. The SMILES string of the molecule is CCCc1cc(C(=O)N2CCCC(c3cc4ccccc4cn3)C2)n(C)n1. The quantitative estimate of drug-likeness (QED) is 0.706. The van der Waals surface area contributed by atoms with Crippen LogP contribution in [0.5, 0.6) is 0 Å². The van der Waals surface area contributed by atoms with Crippen molar-refractivity contribution >= 4 is 16.7 Å². The monoisotopic (exact) mass is 362 g/mol. The third kappa shape index (κ3) is 3.59. The van der Waals surface area contributed by atoms with E-state index in [2.05, 4.69) is 41.3 Å². The molecular weight excluding hydrogens is 336 g/mol. The number of carbonyl (C=O) groups excluding carboxylic acids is 1. The number of benzene rings is 1. The van der Waals surface area contributed by atoms with Gasteiger partial charge in [0.05, 0.1) is 5.69 Å². The maximum Gasteiger partial charge on any atom is 0.272 e. The van der Waals surface area contributed by atoms with Crippen LogP contribution in [-0.2, 0) is 13.5 Å². The van der Waals surface area contributed by atoms with Crippen LogP contribution >= 0.6 is 0 Å². The molecule has 27 heavy (non-hydrogen) atoms. The van der Waals surface area contributed by atoms with Crippen molar-refractivity contribution in [3.05, 3.63) is 59.7 Å². The van der Waals surface area contributed by atoms with E-state index in [4.69, 9.17) is 0 Å². The van der Waals surface area contributed by atoms with E-state index in [0.717, 1.165) is 55.5 Å². The molecule has 5 nitrogen and oxygen atoms in total. The lowest BCUT2D eigenvalue weighted by Gasteiger charge is -2.32. The van der Waals surface area contributed by atoms with Crippen molar-refractivity contribution in [2.45, 2.75) is 38.5 Å². The van der Waals surface area contributed by atoms with Gasteiger partial charge >= 0.3 is 0 Å². The van der Waals surface area contributed by atoms with Gasteiger partial charge in [0.15, 0.2) is 0 Å². The Morgan fingerprint density at radius 1 is 1.22 bits per heavy atom. The van der Waals surface area contributed by atoms with Gasteiger partial charge < -0.3 is 4.90 Å². The molecule has 0 bridgehead atoms. The average molecular weight is 362 g/mol. The molecule has 140 valence electrons. The molecule has 0 aliphatic carbocycles. The third-order valence-corrected chi connectivity index (χ3v) is 5.43. The Hall–Kier alpha value is -2.69. The first-order chi connectivity index (χ1) is 13.2. The Balaban J connectivity index is 1.54. The van der Waals surface area contributed by atoms with Gasteiger partial charge in [0, 0.05) is 43.3 Å². The molecule has 1 fully saturated rings. The number of amides is 1. The first kappa shape index (κ1) is 17.7. The second kappa shape index (κ2) is 7.51. The fraction of sp³-hybridized carbons (Fsp3) is 0.409. The van der Waals surface area contributed by atoms with Crippen molar-refractivity contribution in [3.63, 3.8) is 0 Å². The van der Waals surface area contributed by atoms with Crippen LogP contribution in [0.4, 0.5) is 0 Å². The van der Waals surface area contributed by atoms with Crippen LogP contribution in [0.25, 0.3) is 10.8 Å². The van der Waals surface area contributed by atoms with Gasteiger partial charge in [-0.2, -0.15) is 5.10 Å². The van der Waals surface area contributed by atoms with Gasteiger partial charge in [0.25, 0.3) is 5.91 Å². The Bertz CT molecular complexity index is 962. The molecule has 0 radical (unpaired) electrons. The van der Waals surface area contributed by atoms with Gasteiger partial charge in [-0.25, -0.2) is 0 Å². The number of aryl methyl sites for hydroxylation is 2. The highest BCUT2D eigenvalue weighted by molar-refractivity contribution is 5.92. The van der Waals surface area contributed by atoms with Crippen LogP contribution in [-0.4, -0.2) is 38.7 Å². The molecule has 1 aliphatic heterocycles. The van der Waals surface area contributed by atoms with Gasteiger partial charge in [-0.3, -0.25) is 14.5 Å². The molecule has 3 heterocycles. The van der Waals surface area contributed by atoms with Crippen LogP contribution in [0.3, 0.4) is 0 Å². The van der Waals surface area contributed by atoms with Gasteiger partial charge in [0.1, 0.15) is 5.69 Å². The molecular formula is C22H26N4O. The van der Waals surface area contributed by atoms with Crippen molar-refractivity contribution in [3.8, 4) is 0 Å². The van der Waals surface area contributed by atoms with Crippen molar-refractivity contribution in [2.75, 3.05) is 13.1 Å². The second-order valence-corrected chi connectivity index (χ2v) is 7.44. The molecule has 0 spiro atoms. The number of hydrogen-bond acceptors (Lipinski definition) is 3. The lowest BCUT2D eigenvalue weighted by molar-refractivity contribution is 0.0695. The number of aromatic nitrogens is 3. The van der Waals surface area contributed by atoms with Crippen LogP contribution in [0.15, 0.2) is 42.6 Å². The molecule has 1 aromatic carbocycles. The minimum atomic E-state index is 0.0813. The molecule has 0 N–H and O–H groups in total. The number of likely N-dealkylation sites (tertiary alicyclic amines) is 1. The second-order valence-electron chi connectivity index (χ2n) is 7.44. The number of rotatable bonds is 4. The Labute approximate surface area is 160 Å². The van der Waals surface area contributed by atoms with Crippen molar-refractivity contribution in [1.82, 2.24) is 19.7 Å². The topological polar surface area (TPSA) is 51.0 Å². The van der Waals surface area contributed by atoms with Crippen molar-refractivity contribution in [2.24, 2.45) is 7.05 Å². The zero-order chi connectivity index (χ0) is 18.8. The van der Waals surface area contributed by atoms with Crippen LogP contribution in [0.2, 0.25) is 0 Å². The highest BCUT2D eigenvalue weighted by atomic mass is 16.2. The zero-order valence-corrected chi connectivity index (χ0v) is 16.1. The zero-order valence-electron chi connectivity index (χ0n) is 16.1. The molecule has 4 rings (SSSR count). The molecule has 1 unspecified atom stereocenters. The molecule has 3 aromatic rings. The summed E-state index contributed by atoms with van der Waals surface area (Å²) < 4.78 is 1.73. The van der Waals surface area contributed by atoms with E-state index in [0.29, 0.717) is 5.69 Å². The lowest BCUT2D eigenvalue weighted by Crippen LogP contribution is -2.40. The third-order valence-electron chi connectivity index (χ3n) is 5.43. The van der Waals surface area contributed by atoms with E-state index < -0.39 is 0 Å². The molecule has 1 saturated heterocycles. The van der Waals surface area contributed by atoms with E-state index in [1.807, 2.05) is 30.3 Å². The Kier molecular flexibility index (Phi) is 4.92. The number of fused-ring (bicyclic) bond motifs is 1. The van der Waals surface area contributed by atoms with E-state index in [1.54, 1.807) is 4.68 Å². The number of pyridine rings is 1. The maximum atomic E-state index is 13.1. The normalized spacial score (nSPS) is 17.4. The first-order valence-corrected chi connectivity index (χ1v) is 9.82. The summed E-state index contributed by atoms with van der Waals surface area (Å²) in [6.07, 6.45) is 5.96. The fourth-order valence-corrected chi connectivity index (χ4v) is 3.99. The molecule has 1 amide bonds. The summed E-state index contributed by atoms with van der Waals surface area (Å²) in [5.41, 5.74) is 2.77. The molecule has 5 heteroatoms. The fourth-order valence-electron chi connectivity index (χ4n) is 3.99. The molecule has 2 aromatic heterocycles. The summed E-state index contributed by atoms with van der Waals surface area (Å²) in [7, 11) is 1.86. The Morgan fingerprint density at radius 3 is 2.85 bits per heavy atom. The summed E-state index contributed by atoms with van der Waals surface area (Å²) in [6, 6.07) is 12.4. The van der Waals surface area contributed by atoms with Gasteiger partial charge in [-0.15, -0.1) is 0 Å². The van der Waals surface area contributed by atoms with Crippen molar-refractivity contribution < 1.29 is 4.79 Å². The Morgan fingerprint density at radius 2 is 2.04 bits per heavy atom. The maximum absolute atomic E-state index is 13.1. The highest BCUT2D eigenvalue weighted by Gasteiger charge is 2.28. The summed E-state index contributed by atoms with van der Waals surface area (Å²) in [6.45, 7) is 3.65. The van der Waals surface area contributed by atoms with Crippen molar-refractivity contribution in [1.29, 1.82) is 0 Å². The van der Waals surface area contributed by atoms with E-state index in [9.17, 15) is 4.79 Å². The predicted molar refractivity (Wildman–Crippen MR) is 107 cm³/mol. The largest absolute Gasteiger partial charge is 0.337 e. The number of carbonyl (C=O) groups is 1. The predicted octanol–water partition coefficient (Wildman–Crippen LogP) is 3.94. The van der Waals surface area contributed by atoms with Crippen LogP contribution in [0, 0.1) is 0 Å². The number of piperidine rings is 1. The molecule has 1 atom stereocenters. The van der Waals surface area contributed by atoms with Gasteiger partial charge in [0.2, 0.25) is 0 Å².